The first kappa shape index (κ1) is 16.1. The van der Waals surface area contributed by atoms with E-state index in [0.29, 0.717) is 5.69 Å². The Balaban J connectivity index is 2.07. The van der Waals surface area contributed by atoms with Crippen molar-refractivity contribution < 1.29 is 14.3 Å². The van der Waals surface area contributed by atoms with Gasteiger partial charge >= 0.3 is 5.97 Å². The molecule has 0 amide bonds. The van der Waals surface area contributed by atoms with E-state index in [1.165, 1.54) is 23.5 Å². The average Bonchev–Trinajstić information content (AvgIpc) is 2.98. The van der Waals surface area contributed by atoms with Crippen LogP contribution in [0.4, 0.5) is 10.1 Å². The lowest BCUT2D eigenvalue weighted by Gasteiger charge is -2.06. The van der Waals surface area contributed by atoms with Gasteiger partial charge < -0.3 is 9.67 Å². The van der Waals surface area contributed by atoms with Crippen molar-refractivity contribution in [2.75, 3.05) is 0 Å². The molecular weight excluding hydrogens is 327 g/mol. The van der Waals surface area contributed by atoms with E-state index in [1.807, 2.05) is 47.2 Å². The number of thiazole rings is 1. The molecule has 0 atom stereocenters. The fourth-order valence-corrected chi connectivity index (χ4v) is 3.41. The molecule has 1 aromatic heterocycles. The number of carbonyl (C=O) groups is 1. The van der Waals surface area contributed by atoms with E-state index in [0.717, 1.165) is 28.7 Å². The molecule has 1 N–H and O–H groups in total. The lowest BCUT2D eigenvalue weighted by atomic mass is 10.2. The van der Waals surface area contributed by atoms with Gasteiger partial charge in [-0.25, -0.2) is 14.2 Å². The fraction of sp³-hybridized carbons (Fsp3) is 0.111. The number of nitrogens with zero attached hydrogens (tertiary/aromatic N) is 2. The molecule has 0 fully saturated rings. The summed E-state index contributed by atoms with van der Waals surface area (Å²) in [7, 11) is 0. The summed E-state index contributed by atoms with van der Waals surface area (Å²) in [5.74, 6) is -2.07. The van der Waals surface area contributed by atoms with Crippen molar-refractivity contribution in [3.63, 3.8) is 0 Å². The van der Waals surface area contributed by atoms with E-state index in [9.17, 15) is 9.18 Å². The Labute approximate surface area is 142 Å². The topological polar surface area (TPSA) is 54.6 Å². The van der Waals surface area contributed by atoms with Crippen molar-refractivity contribution in [2.24, 2.45) is 4.99 Å². The van der Waals surface area contributed by atoms with Gasteiger partial charge in [0.1, 0.15) is 5.82 Å². The monoisotopic (exact) mass is 342 g/mol. The van der Waals surface area contributed by atoms with Crippen molar-refractivity contribution in [3.05, 3.63) is 70.1 Å². The molecule has 1 heterocycles. The van der Waals surface area contributed by atoms with Crippen LogP contribution in [0.3, 0.4) is 0 Å². The van der Waals surface area contributed by atoms with Crippen molar-refractivity contribution in [1.29, 1.82) is 0 Å². The normalized spacial score (nSPS) is 11.7. The predicted octanol–water partition coefficient (Wildman–Crippen LogP) is 4.31. The minimum absolute atomic E-state index is 0.353. The molecule has 3 rings (SSSR count). The second-order valence-electron chi connectivity index (χ2n) is 5.09. The van der Waals surface area contributed by atoms with Gasteiger partial charge in [0.25, 0.3) is 0 Å². The molecule has 0 spiro atoms. The first-order chi connectivity index (χ1) is 11.6. The van der Waals surface area contributed by atoms with Gasteiger partial charge in [-0.05, 0) is 24.6 Å². The van der Waals surface area contributed by atoms with Crippen molar-refractivity contribution in [1.82, 2.24) is 4.57 Å². The van der Waals surface area contributed by atoms with Gasteiger partial charge in [0.15, 0.2) is 4.80 Å². The average molecular weight is 342 g/mol. The van der Waals surface area contributed by atoms with Crippen molar-refractivity contribution in [2.45, 2.75) is 13.5 Å². The quantitative estimate of drug-likeness (QED) is 0.768. The van der Waals surface area contributed by atoms with Gasteiger partial charge in [0.05, 0.1) is 16.9 Å². The highest BCUT2D eigenvalue weighted by molar-refractivity contribution is 7.07. The minimum Gasteiger partial charge on any atom is -0.478 e. The maximum Gasteiger partial charge on any atom is 0.338 e. The standard InChI is InChI=1S/C18H15FN2O2S/c1-2-21-16(12-6-4-3-5-7-12)11-24-18(21)20-13-8-9-14(17(22)23)15(19)10-13/h3-11H,2H2,1H3,(H,22,23)/b20-18-. The first-order valence-electron chi connectivity index (χ1n) is 7.41. The zero-order valence-electron chi connectivity index (χ0n) is 12.9. The lowest BCUT2D eigenvalue weighted by Crippen LogP contribution is -2.14. The van der Waals surface area contributed by atoms with Crippen LogP contribution in [0.2, 0.25) is 0 Å². The number of hydrogen-bond acceptors (Lipinski definition) is 3. The molecule has 2 aromatic carbocycles. The van der Waals surface area contributed by atoms with E-state index < -0.39 is 11.8 Å². The summed E-state index contributed by atoms with van der Waals surface area (Å²) in [6.07, 6.45) is 0. The molecule has 3 aromatic rings. The minimum atomic E-state index is -1.29. The van der Waals surface area contributed by atoms with Crippen LogP contribution in [0.25, 0.3) is 11.3 Å². The van der Waals surface area contributed by atoms with Crippen LogP contribution in [0.15, 0.2) is 58.9 Å². The number of aromatic carboxylic acids is 1. The second-order valence-corrected chi connectivity index (χ2v) is 5.93. The van der Waals surface area contributed by atoms with Crippen molar-refractivity contribution in [3.8, 4) is 11.3 Å². The Hall–Kier alpha value is -2.73. The third-order valence-electron chi connectivity index (χ3n) is 3.59. The SMILES string of the molecule is CCn1c(-c2ccccc2)cs/c1=N\c1ccc(C(=O)O)c(F)c1. The molecule has 0 aliphatic heterocycles. The predicted molar refractivity (Wildman–Crippen MR) is 92.0 cm³/mol. The third-order valence-corrected chi connectivity index (χ3v) is 4.45. The molecule has 24 heavy (non-hydrogen) atoms. The van der Waals surface area contributed by atoms with Crippen LogP contribution >= 0.6 is 11.3 Å². The zero-order valence-corrected chi connectivity index (χ0v) is 13.8. The molecule has 0 aliphatic rings. The van der Waals surface area contributed by atoms with Crippen molar-refractivity contribution >= 4 is 23.0 Å². The number of aromatic nitrogens is 1. The second kappa shape index (κ2) is 6.80. The summed E-state index contributed by atoms with van der Waals surface area (Å²) < 4.78 is 15.9. The maximum atomic E-state index is 13.8. The Morgan fingerprint density at radius 3 is 2.62 bits per heavy atom. The van der Waals surface area contributed by atoms with Gasteiger partial charge in [-0.2, -0.15) is 0 Å². The lowest BCUT2D eigenvalue weighted by molar-refractivity contribution is 0.0692. The fourth-order valence-electron chi connectivity index (χ4n) is 2.42. The maximum absolute atomic E-state index is 13.8. The zero-order chi connectivity index (χ0) is 17.1. The Morgan fingerprint density at radius 1 is 1.25 bits per heavy atom. The van der Waals surface area contributed by atoms with Gasteiger partial charge in [-0.15, -0.1) is 11.3 Å². The van der Waals surface area contributed by atoms with E-state index >= 15 is 0 Å². The Morgan fingerprint density at radius 2 is 2.00 bits per heavy atom. The van der Waals surface area contributed by atoms with Gasteiger partial charge in [0, 0.05) is 18.0 Å². The van der Waals surface area contributed by atoms with E-state index in [-0.39, 0.29) is 5.56 Å². The molecule has 0 unspecified atom stereocenters. The highest BCUT2D eigenvalue weighted by atomic mass is 32.1. The van der Waals surface area contributed by atoms with Crippen LogP contribution in [-0.2, 0) is 6.54 Å². The molecule has 0 aliphatic carbocycles. The summed E-state index contributed by atoms with van der Waals surface area (Å²) in [5.41, 5.74) is 2.17. The van der Waals surface area contributed by atoms with Gasteiger partial charge in [-0.3, -0.25) is 0 Å². The number of carboxylic acid groups (broad SMARTS) is 1. The largest absolute Gasteiger partial charge is 0.478 e. The molecule has 0 bridgehead atoms. The van der Waals surface area contributed by atoms with Gasteiger partial charge in [0.2, 0.25) is 0 Å². The van der Waals surface area contributed by atoms with Crippen LogP contribution in [0.5, 0.6) is 0 Å². The summed E-state index contributed by atoms with van der Waals surface area (Å²) >= 11 is 1.46. The first-order valence-corrected chi connectivity index (χ1v) is 8.29. The summed E-state index contributed by atoms with van der Waals surface area (Å²) in [4.78, 5) is 16.1. The number of hydrogen-bond donors (Lipinski definition) is 1. The molecule has 0 radical (unpaired) electrons. The molecule has 0 saturated heterocycles. The summed E-state index contributed by atoms with van der Waals surface area (Å²) in [5, 5.41) is 10.9. The number of carboxylic acids is 1. The van der Waals surface area contributed by atoms with Crippen LogP contribution < -0.4 is 4.80 Å². The van der Waals surface area contributed by atoms with Crippen LogP contribution in [-0.4, -0.2) is 15.6 Å². The van der Waals surface area contributed by atoms with E-state index in [4.69, 9.17) is 5.11 Å². The highest BCUT2D eigenvalue weighted by Crippen LogP contribution is 2.21. The molecular formula is C18H15FN2O2S. The molecule has 6 heteroatoms. The third kappa shape index (κ3) is 3.14. The number of benzene rings is 2. The summed E-state index contributed by atoms with van der Waals surface area (Å²) in [6, 6.07) is 13.9. The molecule has 122 valence electrons. The Kier molecular flexibility index (Phi) is 4.57. The smallest absolute Gasteiger partial charge is 0.338 e. The number of halogens is 1. The van der Waals surface area contributed by atoms with Crippen LogP contribution in [0, 0.1) is 5.82 Å². The van der Waals surface area contributed by atoms with E-state index in [1.54, 1.807) is 0 Å². The van der Waals surface area contributed by atoms with Crippen LogP contribution in [0.1, 0.15) is 17.3 Å². The molecule has 0 saturated carbocycles. The number of rotatable bonds is 4. The van der Waals surface area contributed by atoms with Gasteiger partial charge in [-0.1, -0.05) is 30.3 Å². The Bertz CT molecular complexity index is 945. The molecule has 4 nitrogen and oxygen atoms in total. The highest BCUT2D eigenvalue weighted by Gasteiger charge is 2.11. The van der Waals surface area contributed by atoms with E-state index in [2.05, 4.69) is 4.99 Å². The summed E-state index contributed by atoms with van der Waals surface area (Å²) in [6.45, 7) is 2.74.